The summed E-state index contributed by atoms with van der Waals surface area (Å²) in [6.07, 6.45) is 3.04. The third-order valence-electron chi connectivity index (χ3n) is 3.39. The van der Waals surface area contributed by atoms with Crippen LogP contribution < -0.4 is 5.56 Å². The highest BCUT2D eigenvalue weighted by Gasteiger charge is 2.23. The minimum absolute atomic E-state index is 0.132. The molecule has 0 aliphatic heterocycles. The van der Waals surface area contributed by atoms with Crippen molar-refractivity contribution in [3.05, 3.63) is 58.1 Å². The van der Waals surface area contributed by atoms with Crippen molar-refractivity contribution >= 4 is 17.1 Å². The number of aromatic nitrogens is 3. The summed E-state index contributed by atoms with van der Waals surface area (Å²) in [6.45, 7) is 3.78. The molecule has 3 aromatic heterocycles. The Balaban J connectivity index is 2.12. The molecule has 0 radical (unpaired) electrons. The fourth-order valence-corrected chi connectivity index (χ4v) is 2.37. The van der Waals surface area contributed by atoms with E-state index in [1.54, 1.807) is 26.1 Å². The highest BCUT2D eigenvalue weighted by Crippen LogP contribution is 2.21. The van der Waals surface area contributed by atoms with E-state index in [0.717, 1.165) is 0 Å². The Kier molecular flexibility index (Phi) is 3.92. The highest BCUT2D eigenvalue weighted by atomic mass is 16.5. The molecule has 0 N–H and O–H groups in total. The van der Waals surface area contributed by atoms with E-state index in [9.17, 15) is 9.59 Å². The third kappa shape index (κ3) is 2.73. The molecule has 0 bridgehead atoms. The zero-order valence-electron chi connectivity index (χ0n) is 12.8. The van der Waals surface area contributed by atoms with Crippen molar-refractivity contribution in [3.63, 3.8) is 0 Å². The fourth-order valence-electron chi connectivity index (χ4n) is 2.37. The Morgan fingerprint density at radius 2 is 2.17 bits per heavy atom. The standard InChI is InChI=1S/C16H15N3O4/c1-3-22-16(21)12-10(2)23-14-13(12)15(20)19(9-18-14)8-11-6-4-5-7-17-11/h4-7,9H,3,8H2,1-2H3. The molecule has 0 fully saturated rings. The number of aryl methyl sites for hydroxylation is 1. The predicted octanol–water partition coefficient (Wildman–Crippen LogP) is 1.92. The van der Waals surface area contributed by atoms with Crippen LogP contribution in [0.25, 0.3) is 11.1 Å². The van der Waals surface area contributed by atoms with E-state index in [1.807, 2.05) is 12.1 Å². The van der Waals surface area contributed by atoms with Crippen LogP contribution in [0.4, 0.5) is 0 Å². The van der Waals surface area contributed by atoms with Gasteiger partial charge in [-0.1, -0.05) is 6.07 Å². The van der Waals surface area contributed by atoms with Crippen LogP contribution in [0.5, 0.6) is 0 Å². The van der Waals surface area contributed by atoms with Gasteiger partial charge in [-0.15, -0.1) is 0 Å². The summed E-state index contributed by atoms with van der Waals surface area (Å²) in [7, 11) is 0. The Morgan fingerprint density at radius 3 is 2.87 bits per heavy atom. The van der Waals surface area contributed by atoms with Crippen molar-refractivity contribution in [2.24, 2.45) is 0 Å². The van der Waals surface area contributed by atoms with E-state index in [0.29, 0.717) is 11.5 Å². The van der Waals surface area contributed by atoms with E-state index < -0.39 is 5.97 Å². The Morgan fingerprint density at radius 1 is 1.35 bits per heavy atom. The van der Waals surface area contributed by atoms with Gasteiger partial charge >= 0.3 is 5.97 Å². The second-order valence-corrected chi connectivity index (χ2v) is 4.93. The van der Waals surface area contributed by atoms with Gasteiger partial charge in [0.05, 0.1) is 18.8 Å². The van der Waals surface area contributed by atoms with E-state index in [-0.39, 0.29) is 35.4 Å². The Bertz CT molecular complexity index is 912. The Labute approximate surface area is 131 Å². The number of carbonyl (C=O) groups is 1. The second kappa shape index (κ2) is 6.04. The van der Waals surface area contributed by atoms with Gasteiger partial charge < -0.3 is 9.15 Å². The first-order valence-corrected chi connectivity index (χ1v) is 7.17. The normalized spacial score (nSPS) is 10.9. The topological polar surface area (TPSA) is 87.2 Å². The first-order chi connectivity index (χ1) is 11.1. The van der Waals surface area contributed by atoms with Gasteiger partial charge in [0.15, 0.2) is 0 Å². The SMILES string of the molecule is CCOC(=O)c1c(C)oc2ncn(Cc3ccccn3)c(=O)c12. The Hall–Kier alpha value is -2.96. The minimum Gasteiger partial charge on any atom is -0.462 e. The van der Waals surface area contributed by atoms with Crippen molar-refractivity contribution in [1.82, 2.24) is 14.5 Å². The van der Waals surface area contributed by atoms with Crippen LogP contribution in [0.15, 0.2) is 39.9 Å². The van der Waals surface area contributed by atoms with Crippen molar-refractivity contribution in [2.45, 2.75) is 20.4 Å². The number of esters is 1. The molecule has 0 saturated heterocycles. The van der Waals surface area contributed by atoms with Gasteiger partial charge in [-0.05, 0) is 26.0 Å². The van der Waals surface area contributed by atoms with Crippen molar-refractivity contribution < 1.29 is 13.9 Å². The summed E-state index contributed by atoms with van der Waals surface area (Å²) in [5, 5.41) is 0.138. The summed E-state index contributed by atoms with van der Waals surface area (Å²) < 4.78 is 11.8. The number of ether oxygens (including phenoxy) is 1. The smallest absolute Gasteiger partial charge is 0.342 e. The van der Waals surface area contributed by atoms with Crippen LogP contribution >= 0.6 is 0 Å². The molecule has 3 rings (SSSR count). The summed E-state index contributed by atoms with van der Waals surface area (Å²) in [5.74, 6) is -0.267. The zero-order chi connectivity index (χ0) is 16.4. The number of rotatable bonds is 4. The quantitative estimate of drug-likeness (QED) is 0.684. The lowest BCUT2D eigenvalue weighted by molar-refractivity contribution is 0.0526. The van der Waals surface area contributed by atoms with E-state index >= 15 is 0 Å². The van der Waals surface area contributed by atoms with Crippen molar-refractivity contribution in [3.8, 4) is 0 Å². The van der Waals surface area contributed by atoms with E-state index in [4.69, 9.17) is 9.15 Å². The van der Waals surface area contributed by atoms with Gasteiger partial charge in [0.2, 0.25) is 5.71 Å². The third-order valence-corrected chi connectivity index (χ3v) is 3.39. The minimum atomic E-state index is -0.585. The number of carbonyl (C=O) groups excluding carboxylic acids is 1. The molecular formula is C16H15N3O4. The van der Waals surface area contributed by atoms with E-state index in [2.05, 4.69) is 9.97 Å². The number of furan rings is 1. The lowest BCUT2D eigenvalue weighted by Crippen LogP contribution is -2.22. The van der Waals surface area contributed by atoms with Gasteiger partial charge in [0, 0.05) is 6.20 Å². The van der Waals surface area contributed by atoms with Crippen LogP contribution in [-0.2, 0) is 11.3 Å². The first kappa shape index (κ1) is 15.0. The molecule has 0 aliphatic carbocycles. The monoisotopic (exact) mass is 313 g/mol. The molecule has 0 aliphatic rings. The average molecular weight is 313 g/mol. The maximum absolute atomic E-state index is 12.7. The molecule has 0 saturated carbocycles. The summed E-state index contributed by atoms with van der Waals surface area (Å²) >= 11 is 0. The fraction of sp³-hybridized carbons (Fsp3) is 0.250. The van der Waals surface area contributed by atoms with Crippen LogP contribution in [0, 0.1) is 6.92 Å². The van der Waals surface area contributed by atoms with Crippen molar-refractivity contribution in [1.29, 1.82) is 0 Å². The lowest BCUT2D eigenvalue weighted by atomic mass is 10.2. The maximum Gasteiger partial charge on any atom is 0.342 e. The first-order valence-electron chi connectivity index (χ1n) is 7.17. The molecule has 3 aromatic rings. The van der Waals surface area contributed by atoms with Gasteiger partial charge in [-0.25, -0.2) is 9.78 Å². The molecule has 118 valence electrons. The zero-order valence-corrected chi connectivity index (χ0v) is 12.8. The molecule has 0 aromatic carbocycles. The molecule has 23 heavy (non-hydrogen) atoms. The summed E-state index contributed by atoms with van der Waals surface area (Å²) in [5.41, 5.74) is 0.622. The molecule has 0 unspecified atom stereocenters. The lowest BCUT2D eigenvalue weighted by Gasteiger charge is -2.05. The van der Waals surface area contributed by atoms with Crippen LogP contribution in [0.1, 0.15) is 28.7 Å². The molecule has 7 nitrogen and oxygen atoms in total. The number of pyridine rings is 1. The summed E-state index contributed by atoms with van der Waals surface area (Å²) in [4.78, 5) is 33.1. The van der Waals surface area contributed by atoms with E-state index in [1.165, 1.54) is 10.9 Å². The van der Waals surface area contributed by atoms with Crippen LogP contribution in [0.3, 0.4) is 0 Å². The predicted molar refractivity (Wildman–Crippen MR) is 82.3 cm³/mol. The van der Waals surface area contributed by atoms with Crippen molar-refractivity contribution in [2.75, 3.05) is 6.61 Å². The number of hydrogen-bond donors (Lipinski definition) is 0. The molecular weight excluding hydrogens is 298 g/mol. The van der Waals surface area contributed by atoms with Crippen LogP contribution in [0.2, 0.25) is 0 Å². The molecule has 0 spiro atoms. The maximum atomic E-state index is 12.7. The molecule has 0 atom stereocenters. The summed E-state index contributed by atoms with van der Waals surface area (Å²) in [6, 6.07) is 5.45. The highest BCUT2D eigenvalue weighted by molar-refractivity contribution is 6.03. The molecule has 3 heterocycles. The number of nitrogens with zero attached hydrogens (tertiary/aromatic N) is 3. The largest absolute Gasteiger partial charge is 0.462 e. The van der Waals surface area contributed by atoms with Gasteiger partial charge in [0.1, 0.15) is 23.0 Å². The average Bonchev–Trinajstić information content (AvgIpc) is 2.88. The van der Waals surface area contributed by atoms with Gasteiger partial charge in [0.25, 0.3) is 5.56 Å². The number of fused-ring (bicyclic) bond motifs is 1. The van der Waals surface area contributed by atoms with Gasteiger partial charge in [-0.2, -0.15) is 0 Å². The molecule has 7 heteroatoms. The number of hydrogen-bond acceptors (Lipinski definition) is 6. The second-order valence-electron chi connectivity index (χ2n) is 4.93. The van der Waals surface area contributed by atoms with Gasteiger partial charge in [-0.3, -0.25) is 14.3 Å². The van der Waals surface area contributed by atoms with Crippen LogP contribution in [-0.4, -0.2) is 27.1 Å². The molecule has 0 amide bonds.